The first kappa shape index (κ1) is 16.7. The maximum Gasteiger partial charge on any atom is 0.118 e. The van der Waals surface area contributed by atoms with E-state index in [9.17, 15) is 0 Å². The first-order valence-electron chi connectivity index (χ1n) is 8.09. The molecule has 0 saturated heterocycles. The Balaban J connectivity index is 1.72. The summed E-state index contributed by atoms with van der Waals surface area (Å²) in [4.78, 5) is 0. The first-order valence-corrected chi connectivity index (χ1v) is 9.31. The van der Waals surface area contributed by atoms with Gasteiger partial charge in [0.25, 0.3) is 0 Å². The lowest BCUT2D eigenvalue weighted by Crippen LogP contribution is -2.39. The molecule has 2 rings (SSSR count). The molecule has 1 unspecified atom stereocenters. The fourth-order valence-corrected chi connectivity index (χ4v) is 4.03. The fourth-order valence-electron chi connectivity index (χ4n) is 3.11. The first-order chi connectivity index (χ1) is 10.2. The third-order valence-corrected chi connectivity index (χ3v) is 6.16. The van der Waals surface area contributed by atoms with E-state index in [1.54, 1.807) is 7.11 Å². The van der Waals surface area contributed by atoms with Gasteiger partial charge in [-0.2, -0.15) is 11.8 Å². The summed E-state index contributed by atoms with van der Waals surface area (Å²) in [5.41, 5.74) is 1.39. The van der Waals surface area contributed by atoms with Crippen LogP contribution in [0, 0.1) is 0 Å². The van der Waals surface area contributed by atoms with Crippen molar-refractivity contribution in [2.45, 2.75) is 56.2 Å². The van der Waals surface area contributed by atoms with Crippen molar-refractivity contribution in [3.8, 4) is 5.75 Å². The van der Waals surface area contributed by atoms with E-state index >= 15 is 0 Å². The molecular weight excluding hydrogens is 278 g/mol. The molecule has 0 aliphatic heterocycles. The van der Waals surface area contributed by atoms with Crippen molar-refractivity contribution in [2.24, 2.45) is 0 Å². The number of thioether (sulfide) groups is 1. The van der Waals surface area contributed by atoms with Gasteiger partial charge in [-0.05, 0) is 56.6 Å². The average Bonchev–Trinajstić information content (AvgIpc) is 3.01. The zero-order valence-corrected chi connectivity index (χ0v) is 14.5. The van der Waals surface area contributed by atoms with Crippen LogP contribution < -0.4 is 10.1 Å². The Morgan fingerprint density at radius 1 is 1.24 bits per heavy atom. The summed E-state index contributed by atoms with van der Waals surface area (Å²) in [5, 5.41) is 3.76. The summed E-state index contributed by atoms with van der Waals surface area (Å²) in [6.07, 6.45) is 10.2. The zero-order valence-electron chi connectivity index (χ0n) is 13.7. The van der Waals surface area contributed by atoms with Gasteiger partial charge in [0.2, 0.25) is 0 Å². The highest BCUT2D eigenvalue weighted by Gasteiger charge is 2.32. The van der Waals surface area contributed by atoms with E-state index in [0.29, 0.717) is 10.8 Å². The molecule has 21 heavy (non-hydrogen) atoms. The van der Waals surface area contributed by atoms with E-state index in [4.69, 9.17) is 4.74 Å². The van der Waals surface area contributed by atoms with E-state index in [1.807, 2.05) is 0 Å². The quantitative estimate of drug-likeness (QED) is 0.774. The summed E-state index contributed by atoms with van der Waals surface area (Å²) in [7, 11) is 1.71. The molecule has 0 bridgehead atoms. The number of hydrogen-bond donors (Lipinski definition) is 1. The Morgan fingerprint density at radius 3 is 2.48 bits per heavy atom. The molecule has 3 heteroatoms. The van der Waals surface area contributed by atoms with Crippen LogP contribution in [-0.4, -0.2) is 30.7 Å². The SMILES string of the molecule is COc1ccc(CCC(C)NCC2(SC)CCCC2)cc1. The van der Waals surface area contributed by atoms with Crippen LogP contribution in [0.2, 0.25) is 0 Å². The minimum Gasteiger partial charge on any atom is -0.497 e. The van der Waals surface area contributed by atoms with Crippen LogP contribution in [0.5, 0.6) is 5.75 Å². The normalized spacial score (nSPS) is 18.6. The molecule has 1 atom stereocenters. The molecule has 1 aliphatic rings. The predicted octanol–water partition coefficient (Wildman–Crippen LogP) is 4.28. The van der Waals surface area contributed by atoms with Crippen molar-refractivity contribution in [1.82, 2.24) is 5.32 Å². The Labute approximate surface area is 134 Å². The molecule has 1 aromatic carbocycles. The number of methoxy groups -OCH3 is 1. The lowest BCUT2D eigenvalue weighted by molar-refractivity contribution is 0.414. The van der Waals surface area contributed by atoms with Gasteiger partial charge in [-0.25, -0.2) is 0 Å². The van der Waals surface area contributed by atoms with Crippen LogP contribution >= 0.6 is 11.8 Å². The van der Waals surface area contributed by atoms with Crippen molar-refractivity contribution in [2.75, 3.05) is 19.9 Å². The molecule has 1 aliphatic carbocycles. The van der Waals surface area contributed by atoms with E-state index < -0.39 is 0 Å². The number of nitrogens with one attached hydrogen (secondary N) is 1. The molecule has 0 radical (unpaired) electrons. The molecule has 0 amide bonds. The van der Waals surface area contributed by atoms with Crippen LogP contribution in [-0.2, 0) is 6.42 Å². The summed E-state index contributed by atoms with van der Waals surface area (Å²) < 4.78 is 5.71. The number of benzene rings is 1. The highest BCUT2D eigenvalue weighted by molar-refractivity contribution is 8.00. The van der Waals surface area contributed by atoms with Crippen molar-refractivity contribution >= 4 is 11.8 Å². The predicted molar refractivity (Wildman–Crippen MR) is 93.5 cm³/mol. The van der Waals surface area contributed by atoms with Crippen LogP contribution in [0.15, 0.2) is 24.3 Å². The van der Waals surface area contributed by atoms with E-state index in [0.717, 1.165) is 18.7 Å². The summed E-state index contributed by atoms with van der Waals surface area (Å²) in [6, 6.07) is 9.03. The maximum absolute atomic E-state index is 5.20. The Hall–Kier alpha value is -0.670. The second kappa shape index (κ2) is 8.09. The number of rotatable bonds is 8. The molecule has 2 nitrogen and oxygen atoms in total. The zero-order chi connectivity index (χ0) is 15.1. The second-order valence-electron chi connectivity index (χ2n) is 6.26. The lowest BCUT2D eigenvalue weighted by Gasteiger charge is -2.29. The van der Waals surface area contributed by atoms with Crippen LogP contribution in [0.3, 0.4) is 0 Å². The van der Waals surface area contributed by atoms with Crippen LogP contribution in [0.25, 0.3) is 0 Å². The molecule has 1 fully saturated rings. The number of ether oxygens (including phenoxy) is 1. The van der Waals surface area contributed by atoms with Gasteiger partial charge in [0.1, 0.15) is 5.75 Å². The van der Waals surface area contributed by atoms with Crippen LogP contribution in [0.4, 0.5) is 0 Å². The largest absolute Gasteiger partial charge is 0.497 e. The molecule has 0 aromatic heterocycles. The van der Waals surface area contributed by atoms with Crippen molar-refractivity contribution in [3.63, 3.8) is 0 Å². The lowest BCUT2D eigenvalue weighted by atomic mass is 10.0. The topological polar surface area (TPSA) is 21.3 Å². The summed E-state index contributed by atoms with van der Waals surface area (Å²) >= 11 is 2.06. The Bertz CT molecular complexity index is 412. The maximum atomic E-state index is 5.20. The molecule has 0 spiro atoms. The Morgan fingerprint density at radius 2 is 1.90 bits per heavy atom. The highest BCUT2D eigenvalue weighted by Crippen LogP contribution is 2.39. The molecule has 118 valence electrons. The van der Waals surface area contributed by atoms with Gasteiger partial charge in [-0.1, -0.05) is 25.0 Å². The number of aryl methyl sites for hydroxylation is 1. The van der Waals surface area contributed by atoms with E-state index in [2.05, 4.69) is 54.5 Å². The summed E-state index contributed by atoms with van der Waals surface area (Å²) in [6.45, 7) is 3.48. The van der Waals surface area contributed by atoms with E-state index in [1.165, 1.54) is 37.7 Å². The second-order valence-corrected chi connectivity index (χ2v) is 7.54. The summed E-state index contributed by atoms with van der Waals surface area (Å²) in [5.74, 6) is 0.938. The smallest absolute Gasteiger partial charge is 0.118 e. The Kier molecular flexibility index (Phi) is 6.43. The van der Waals surface area contributed by atoms with Gasteiger partial charge in [-0.15, -0.1) is 0 Å². The third-order valence-electron chi connectivity index (χ3n) is 4.75. The molecular formula is C18H29NOS. The molecule has 1 aromatic rings. The third kappa shape index (κ3) is 4.93. The van der Waals surface area contributed by atoms with Crippen molar-refractivity contribution in [1.29, 1.82) is 0 Å². The van der Waals surface area contributed by atoms with Gasteiger partial charge in [0, 0.05) is 17.3 Å². The van der Waals surface area contributed by atoms with Gasteiger partial charge >= 0.3 is 0 Å². The van der Waals surface area contributed by atoms with Crippen LogP contribution in [0.1, 0.15) is 44.6 Å². The van der Waals surface area contributed by atoms with Gasteiger partial charge in [0.15, 0.2) is 0 Å². The van der Waals surface area contributed by atoms with E-state index in [-0.39, 0.29) is 0 Å². The standard InChI is InChI=1S/C18H29NOS/c1-15(19-14-18(21-3)12-4-5-13-18)6-7-16-8-10-17(20-2)11-9-16/h8-11,15,19H,4-7,12-14H2,1-3H3. The average molecular weight is 308 g/mol. The molecule has 0 heterocycles. The molecule has 1 saturated carbocycles. The van der Waals surface area contributed by atoms with Gasteiger partial charge in [-0.3, -0.25) is 0 Å². The highest BCUT2D eigenvalue weighted by atomic mass is 32.2. The van der Waals surface area contributed by atoms with Crippen molar-refractivity contribution in [3.05, 3.63) is 29.8 Å². The fraction of sp³-hybridized carbons (Fsp3) is 0.667. The van der Waals surface area contributed by atoms with Gasteiger partial charge in [0.05, 0.1) is 7.11 Å². The minimum atomic E-state index is 0.508. The monoisotopic (exact) mass is 307 g/mol. The van der Waals surface area contributed by atoms with Gasteiger partial charge < -0.3 is 10.1 Å². The molecule has 1 N–H and O–H groups in total. The number of hydrogen-bond acceptors (Lipinski definition) is 3. The van der Waals surface area contributed by atoms with Crippen molar-refractivity contribution < 1.29 is 4.74 Å². The minimum absolute atomic E-state index is 0.508.